The van der Waals surface area contributed by atoms with Gasteiger partial charge in [0.15, 0.2) is 0 Å². The summed E-state index contributed by atoms with van der Waals surface area (Å²) in [6.45, 7) is 1.85. The van der Waals surface area contributed by atoms with E-state index in [0.717, 1.165) is 36.2 Å². The van der Waals surface area contributed by atoms with E-state index in [4.69, 9.17) is 23.2 Å². The molecule has 0 saturated heterocycles. The molecule has 1 aliphatic carbocycles. The minimum absolute atomic E-state index is 0.00951. The first-order valence-corrected chi connectivity index (χ1v) is 14.8. The average Bonchev–Trinajstić information content (AvgIpc) is 3.35. The molecule has 0 spiro atoms. The summed E-state index contributed by atoms with van der Waals surface area (Å²) in [7, 11) is -3.65. The lowest BCUT2D eigenvalue weighted by Gasteiger charge is -2.30. The van der Waals surface area contributed by atoms with Gasteiger partial charge in [-0.1, -0.05) is 42.1 Å². The summed E-state index contributed by atoms with van der Waals surface area (Å²) in [5, 5.41) is 3.77. The zero-order chi connectivity index (χ0) is 27.2. The summed E-state index contributed by atoms with van der Waals surface area (Å²) in [6.07, 6.45) is 5.25. The smallest absolute Gasteiger partial charge is 0.242 e. The topological polar surface area (TPSA) is 86.8 Å². The molecular weight excluding hydrogens is 540 g/mol. The number of anilines is 1. The second-order valence-electron chi connectivity index (χ2n) is 9.35. The molecule has 1 saturated carbocycles. The average molecular weight is 573 g/mol. The van der Waals surface area contributed by atoms with Gasteiger partial charge in [0.05, 0.1) is 22.0 Å². The number of amides is 2. The van der Waals surface area contributed by atoms with Crippen LogP contribution in [-0.2, 0) is 26.2 Å². The number of carbonyl (C=O) groups is 2. The van der Waals surface area contributed by atoms with Gasteiger partial charge < -0.3 is 10.2 Å². The Morgan fingerprint density at radius 2 is 1.73 bits per heavy atom. The largest absolute Gasteiger partial charge is 0.352 e. The summed E-state index contributed by atoms with van der Waals surface area (Å²) in [5.74, 6) is -1.01. The quantitative estimate of drug-likeness (QED) is 0.404. The molecule has 1 N–H and O–H groups in total. The van der Waals surface area contributed by atoms with Crippen LogP contribution in [0.3, 0.4) is 0 Å². The fourth-order valence-electron chi connectivity index (χ4n) is 4.42. The number of hydrogen-bond donors (Lipinski definition) is 1. The maximum absolute atomic E-state index is 13.4. The van der Waals surface area contributed by atoms with E-state index in [-0.39, 0.29) is 43.8 Å². The highest BCUT2D eigenvalue weighted by atomic mass is 35.5. The fraction of sp³-hybridized carbons (Fsp3) is 0.462. The molecule has 37 heavy (non-hydrogen) atoms. The highest BCUT2D eigenvalue weighted by Crippen LogP contribution is 2.25. The SMILES string of the molecule is C[C@H](C(=O)NC1CCCC1)N(Cc1ccc(Cl)c(Cl)c1)C(=O)CCCN(c1ccc(F)cc1)S(C)(=O)=O. The molecule has 3 rings (SSSR count). The third-order valence-electron chi connectivity index (χ3n) is 6.47. The Labute approximate surface area is 228 Å². The molecule has 0 unspecified atom stereocenters. The van der Waals surface area contributed by atoms with E-state index in [1.807, 2.05) is 0 Å². The number of nitrogens with zero attached hydrogens (tertiary/aromatic N) is 2. The van der Waals surface area contributed by atoms with Crippen molar-refractivity contribution in [3.05, 3.63) is 63.9 Å². The van der Waals surface area contributed by atoms with Crippen LogP contribution in [0.25, 0.3) is 0 Å². The lowest BCUT2D eigenvalue weighted by atomic mass is 10.1. The van der Waals surface area contributed by atoms with Crippen molar-refractivity contribution in [2.75, 3.05) is 17.1 Å². The Morgan fingerprint density at radius 3 is 2.32 bits per heavy atom. The van der Waals surface area contributed by atoms with Crippen molar-refractivity contribution in [1.29, 1.82) is 0 Å². The van der Waals surface area contributed by atoms with Crippen molar-refractivity contribution in [2.24, 2.45) is 0 Å². The number of rotatable bonds is 11. The molecule has 202 valence electrons. The maximum atomic E-state index is 13.4. The number of hydrogen-bond acceptors (Lipinski definition) is 4. The molecule has 0 bridgehead atoms. The van der Waals surface area contributed by atoms with Crippen molar-refractivity contribution >= 4 is 50.7 Å². The summed E-state index contributed by atoms with van der Waals surface area (Å²) in [6, 6.07) is 9.53. The van der Waals surface area contributed by atoms with E-state index in [1.165, 1.54) is 29.2 Å². The number of carbonyl (C=O) groups excluding carboxylic acids is 2. The lowest BCUT2D eigenvalue weighted by molar-refractivity contribution is -0.141. The molecule has 2 aromatic carbocycles. The third-order valence-corrected chi connectivity index (χ3v) is 8.41. The van der Waals surface area contributed by atoms with E-state index in [2.05, 4.69) is 5.32 Å². The van der Waals surface area contributed by atoms with Crippen molar-refractivity contribution in [3.8, 4) is 0 Å². The van der Waals surface area contributed by atoms with Gasteiger partial charge in [0, 0.05) is 25.6 Å². The zero-order valence-electron chi connectivity index (χ0n) is 20.9. The number of sulfonamides is 1. The van der Waals surface area contributed by atoms with Gasteiger partial charge in [-0.2, -0.15) is 0 Å². The van der Waals surface area contributed by atoms with Gasteiger partial charge in [-0.05, 0) is 68.1 Å². The van der Waals surface area contributed by atoms with Crippen LogP contribution in [0.5, 0.6) is 0 Å². The minimum Gasteiger partial charge on any atom is -0.352 e. The first kappa shape index (κ1) is 29.2. The Kier molecular flexibility index (Phi) is 10.2. The second-order valence-corrected chi connectivity index (χ2v) is 12.1. The van der Waals surface area contributed by atoms with Gasteiger partial charge in [-0.25, -0.2) is 12.8 Å². The van der Waals surface area contributed by atoms with E-state index in [1.54, 1.807) is 25.1 Å². The molecule has 11 heteroatoms. The normalized spacial score (nSPS) is 14.8. The summed E-state index contributed by atoms with van der Waals surface area (Å²) in [4.78, 5) is 27.9. The van der Waals surface area contributed by atoms with Crippen LogP contribution >= 0.6 is 23.2 Å². The predicted octanol–water partition coefficient (Wildman–Crippen LogP) is 5.15. The van der Waals surface area contributed by atoms with Crippen molar-refractivity contribution in [2.45, 2.75) is 64.1 Å². The zero-order valence-corrected chi connectivity index (χ0v) is 23.3. The van der Waals surface area contributed by atoms with Gasteiger partial charge >= 0.3 is 0 Å². The molecule has 0 aromatic heterocycles. The standard InChI is InChI=1S/C26H32Cl2FN3O4S/c1-18(26(34)30-21-6-3-4-7-21)31(17-19-9-14-23(27)24(28)16-19)25(33)8-5-15-32(37(2,35)36)22-12-10-20(29)11-13-22/h9-14,16,18,21H,3-8,15,17H2,1-2H3,(H,30,34)/t18-/m1/s1. The Balaban J connectivity index is 1.73. The molecule has 2 aromatic rings. The minimum atomic E-state index is -3.65. The van der Waals surface area contributed by atoms with Crippen LogP contribution in [0.2, 0.25) is 10.0 Å². The van der Waals surface area contributed by atoms with Gasteiger partial charge in [0.25, 0.3) is 0 Å². The van der Waals surface area contributed by atoms with Gasteiger partial charge in [0.1, 0.15) is 11.9 Å². The molecule has 0 aliphatic heterocycles. The molecule has 0 radical (unpaired) electrons. The highest BCUT2D eigenvalue weighted by Gasteiger charge is 2.29. The van der Waals surface area contributed by atoms with Crippen LogP contribution in [0.4, 0.5) is 10.1 Å². The molecule has 2 amide bonds. The third kappa shape index (κ3) is 8.32. The van der Waals surface area contributed by atoms with Crippen LogP contribution in [0.1, 0.15) is 51.0 Å². The highest BCUT2D eigenvalue weighted by molar-refractivity contribution is 7.92. The molecule has 1 aliphatic rings. The van der Waals surface area contributed by atoms with E-state index in [0.29, 0.717) is 21.3 Å². The molecule has 0 heterocycles. The first-order valence-electron chi connectivity index (χ1n) is 12.2. The number of halogens is 3. The molecule has 1 atom stereocenters. The number of benzene rings is 2. The van der Waals surface area contributed by atoms with Crippen LogP contribution < -0.4 is 9.62 Å². The van der Waals surface area contributed by atoms with Crippen molar-refractivity contribution in [1.82, 2.24) is 10.2 Å². The Bertz CT molecular complexity index is 1200. The molecule has 1 fully saturated rings. The predicted molar refractivity (Wildman–Crippen MR) is 145 cm³/mol. The second kappa shape index (κ2) is 12.9. The molecule has 7 nitrogen and oxygen atoms in total. The Morgan fingerprint density at radius 1 is 1.08 bits per heavy atom. The van der Waals surface area contributed by atoms with Gasteiger partial charge in [-0.15, -0.1) is 0 Å². The van der Waals surface area contributed by atoms with Crippen molar-refractivity contribution < 1.29 is 22.4 Å². The van der Waals surface area contributed by atoms with Crippen LogP contribution in [0, 0.1) is 5.82 Å². The van der Waals surface area contributed by atoms with Crippen LogP contribution in [0.15, 0.2) is 42.5 Å². The monoisotopic (exact) mass is 571 g/mol. The number of nitrogens with one attached hydrogen (secondary N) is 1. The van der Waals surface area contributed by atoms with Gasteiger partial charge in [-0.3, -0.25) is 13.9 Å². The summed E-state index contributed by atoms with van der Waals surface area (Å²) < 4.78 is 39.2. The van der Waals surface area contributed by atoms with E-state index in [9.17, 15) is 22.4 Å². The van der Waals surface area contributed by atoms with Gasteiger partial charge in [0.2, 0.25) is 21.8 Å². The fourth-order valence-corrected chi connectivity index (χ4v) is 5.71. The lowest BCUT2D eigenvalue weighted by Crippen LogP contribution is -2.49. The molecular formula is C26H32Cl2FN3O4S. The first-order chi connectivity index (χ1) is 17.5. The maximum Gasteiger partial charge on any atom is 0.242 e. The van der Waals surface area contributed by atoms with E-state index < -0.39 is 21.9 Å². The van der Waals surface area contributed by atoms with E-state index >= 15 is 0 Å². The van der Waals surface area contributed by atoms with Crippen LogP contribution in [-0.4, -0.2) is 50.0 Å². The van der Waals surface area contributed by atoms with Crippen molar-refractivity contribution in [3.63, 3.8) is 0 Å². The Hall–Kier alpha value is -2.36. The summed E-state index contributed by atoms with van der Waals surface area (Å²) >= 11 is 12.2. The summed E-state index contributed by atoms with van der Waals surface area (Å²) in [5.41, 5.74) is 1.03.